The lowest BCUT2D eigenvalue weighted by Gasteiger charge is -2.35. The normalized spacial score (nSPS) is 19.0. The van der Waals surface area contributed by atoms with E-state index in [1.165, 1.54) is 4.90 Å². The fourth-order valence-corrected chi connectivity index (χ4v) is 2.09. The molecule has 1 aromatic rings. The zero-order valence-electron chi connectivity index (χ0n) is 10.1. The number of carbonyl (C=O) groups excluding carboxylic acids is 1. The van der Waals surface area contributed by atoms with E-state index < -0.39 is 12.0 Å². The third-order valence-electron chi connectivity index (χ3n) is 2.86. The van der Waals surface area contributed by atoms with Crippen LogP contribution in [0.2, 0.25) is 0 Å². The first-order valence-electron chi connectivity index (χ1n) is 5.74. The molecule has 19 heavy (non-hydrogen) atoms. The van der Waals surface area contributed by atoms with Crippen molar-refractivity contribution in [2.45, 2.75) is 12.5 Å². The summed E-state index contributed by atoms with van der Waals surface area (Å²) in [5.41, 5.74) is 0.776. The lowest BCUT2D eigenvalue weighted by atomic mass is 10.1. The summed E-state index contributed by atoms with van der Waals surface area (Å²) in [5.74, 6) is -1.34. The summed E-state index contributed by atoms with van der Waals surface area (Å²) < 4.78 is 5.08. The highest BCUT2D eigenvalue weighted by atomic mass is 16.5. The molecule has 1 unspecified atom stereocenters. The van der Waals surface area contributed by atoms with Crippen LogP contribution in [0, 0.1) is 11.3 Å². The second-order valence-corrected chi connectivity index (χ2v) is 4.16. The molecule has 6 nitrogen and oxygen atoms in total. The van der Waals surface area contributed by atoms with Crippen molar-refractivity contribution in [2.24, 2.45) is 0 Å². The lowest BCUT2D eigenvalue weighted by Crippen LogP contribution is -2.50. The molecule has 1 aliphatic rings. The molecule has 0 bridgehead atoms. The maximum atomic E-state index is 12.0. The van der Waals surface area contributed by atoms with Crippen LogP contribution in [0.15, 0.2) is 24.3 Å². The van der Waals surface area contributed by atoms with Crippen LogP contribution in [-0.4, -0.2) is 36.2 Å². The molecule has 1 aromatic carbocycles. The van der Waals surface area contributed by atoms with Crippen LogP contribution in [0.25, 0.3) is 0 Å². The van der Waals surface area contributed by atoms with Crippen molar-refractivity contribution >= 4 is 17.6 Å². The van der Waals surface area contributed by atoms with E-state index in [4.69, 9.17) is 15.1 Å². The van der Waals surface area contributed by atoms with Gasteiger partial charge in [-0.15, -0.1) is 0 Å². The van der Waals surface area contributed by atoms with Crippen LogP contribution >= 0.6 is 0 Å². The molecule has 0 spiro atoms. The van der Waals surface area contributed by atoms with Gasteiger partial charge < -0.3 is 14.7 Å². The molecule has 1 aliphatic heterocycles. The summed E-state index contributed by atoms with van der Waals surface area (Å²) in [7, 11) is 0. The third-order valence-corrected chi connectivity index (χ3v) is 2.86. The Labute approximate surface area is 109 Å². The number of carboxylic acids is 1. The zero-order chi connectivity index (χ0) is 13.8. The summed E-state index contributed by atoms with van der Waals surface area (Å²) in [6, 6.07) is 8.04. The van der Waals surface area contributed by atoms with Crippen molar-refractivity contribution in [1.29, 1.82) is 5.26 Å². The van der Waals surface area contributed by atoms with Gasteiger partial charge in [0, 0.05) is 0 Å². The van der Waals surface area contributed by atoms with Gasteiger partial charge in [-0.3, -0.25) is 9.59 Å². The molecule has 1 atom stereocenters. The number of para-hydroxylation sites is 1. The Hall–Kier alpha value is -2.39. The summed E-state index contributed by atoms with van der Waals surface area (Å²) in [6.07, 6.45) is -0.217. The molecule has 1 saturated heterocycles. The maximum Gasteiger partial charge on any atom is 0.305 e. The van der Waals surface area contributed by atoms with E-state index in [1.807, 2.05) is 6.07 Å². The summed E-state index contributed by atoms with van der Waals surface area (Å²) in [4.78, 5) is 24.2. The summed E-state index contributed by atoms with van der Waals surface area (Å²) >= 11 is 0. The third kappa shape index (κ3) is 2.72. The number of rotatable bonds is 3. The van der Waals surface area contributed by atoms with Gasteiger partial charge in [0.2, 0.25) is 0 Å². The highest BCUT2D eigenvalue weighted by Crippen LogP contribution is 2.25. The molecule has 0 aromatic heterocycles. The number of carboxylic acid groups (broad SMARTS) is 1. The van der Waals surface area contributed by atoms with E-state index in [0.29, 0.717) is 11.3 Å². The molecule has 1 heterocycles. The molecule has 0 aliphatic carbocycles. The Balaban J connectivity index is 2.39. The molecule has 98 valence electrons. The average Bonchev–Trinajstić information content (AvgIpc) is 2.38. The predicted molar refractivity (Wildman–Crippen MR) is 65.5 cm³/mol. The SMILES string of the molecule is N#Cc1ccccc1N1C(=O)COCC1CC(=O)O. The van der Waals surface area contributed by atoms with Crippen LogP contribution < -0.4 is 4.90 Å². The monoisotopic (exact) mass is 260 g/mol. The van der Waals surface area contributed by atoms with Gasteiger partial charge in [0.15, 0.2) is 0 Å². The van der Waals surface area contributed by atoms with Gasteiger partial charge in [0.05, 0.1) is 30.3 Å². The minimum Gasteiger partial charge on any atom is -0.481 e. The van der Waals surface area contributed by atoms with Gasteiger partial charge in [-0.05, 0) is 12.1 Å². The van der Waals surface area contributed by atoms with Crippen molar-refractivity contribution in [2.75, 3.05) is 18.1 Å². The molecular weight excluding hydrogens is 248 g/mol. The maximum absolute atomic E-state index is 12.0. The number of ether oxygens (including phenoxy) is 1. The standard InChI is InChI=1S/C13H12N2O4/c14-6-9-3-1-2-4-11(9)15-10(5-13(17)18)7-19-8-12(15)16/h1-4,10H,5,7-8H2,(H,17,18). The number of morpholine rings is 1. The van der Waals surface area contributed by atoms with E-state index in [0.717, 1.165) is 0 Å². The number of hydrogen-bond donors (Lipinski definition) is 1. The Morgan fingerprint density at radius 3 is 2.95 bits per heavy atom. The number of anilines is 1. The first kappa shape index (κ1) is 13.1. The average molecular weight is 260 g/mol. The van der Waals surface area contributed by atoms with E-state index >= 15 is 0 Å². The largest absolute Gasteiger partial charge is 0.481 e. The van der Waals surface area contributed by atoms with E-state index in [-0.39, 0.29) is 25.5 Å². The Bertz CT molecular complexity index is 550. The highest BCUT2D eigenvalue weighted by molar-refractivity contribution is 5.97. The van der Waals surface area contributed by atoms with Crippen molar-refractivity contribution in [3.8, 4) is 6.07 Å². The minimum atomic E-state index is -1.01. The molecule has 1 fully saturated rings. The predicted octanol–water partition coefficient (Wildman–Crippen LogP) is 0.765. The number of hydrogen-bond acceptors (Lipinski definition) is 4. The molecule has 2 rings (SSSR count). The van der Waals surface area contributed by atoms with Crippen molar-refractivity contribution in [1.82, 2.24) is 0 Å². The number of amides is 1. The number of nitriles is 1. The molecule has 1 N–H and O–H groups in total. The van der Waals surface area contributed by atoms with Crippen molar-refractivity contribution in [3.63, 3.8) is 0 Å². The highest BCUT2D eigenvalue weighted by Gasteiger charge is 2.32. The van der Waals surface area contributed by atoms with Gasteiger partial charge in [-0.25, -0.2) is 0 Å². The van der Waals surface area contributed by atoms with Gasteiger partial charge >= 0.3 is 5.97 Å². The van der Waals surface area contributed by atoms with Crippen LogP contribution in [0.3, 0.4) is 0 Å². The Morgan fingerprint density at radius 2 is 2.26 bits per heavy atom. The number of aliphatic carboxylic acids is 1. The van der Waals surface area contributed by atoms with Crippen LogP contribution in [0.1, 0.15) is 12.0 Å². The first-order chi connectivity index (χ1) is 9.13. The van der Waals surface area contributed by atoms with Crippen molar-refractivity contribution < 1.29 is 19.4 Å². The second kappa shape index (κ2) is 5.50. The number of carbonyl (C=O) groups is 2. The molecule has 1 amide bonds. The Kier molecular flexibility index (Phi) is 3.78. The smallest absolute Gasteiger partial charge is 0.305 e. The van der Waals surface area contributed by atoms with Gasteiger partial charge in [0.25, 0.3) is 5.91 Å². The fourth-order valence-electron chi connectivity index (χ4n) is 2.09. The van der Waals surface area contributed by atoms with Gasteiger partial charge in [-0.2, -0.15) is 5.26 Å². The van der Waals surface area contributed by atoms with E-state index in [1.54, 1.807) is 24.3 Å². The molecular formula is C13H12N2O4. The summed E-state index contributed by atoms with van der Waals surface area (Å²) in [6.45, 7) is 0.0493. The number of benzene rings is 1. The molecule has 0 radical (unpaired) electrons. The number of nitrogens with zero attached hydrogens (tertiary/aromatic N) is 2. The zero-order valence-corrected chi connectivity index (χ0v) is 10.1. The second-order valence-electron chi connectivity index (χ2n) is 4.16. The molecule has 0 saturated carbocycles. The minimum absolute atomic E-state index is 0.101. The van der Waals surface area contributed by atoms with Crippen LogP contribution in [0.5, 0.6) is 0 Å². The first-order valence-corrected chi connectivity index (χ1v) is 5.74. The topological polar surface area (TPSA) is 90.6 Å². The quantitative estimate of drug-likeness (QED) is 0.866. The summed E-state index contributed by atoms with van der Waals surface area (Å²) in [5, 5.41) is 18.0. The van der Waals surface area contributed by atoms with Crippen LogP contribution in [-0.2, 0) is 14.3 Å². The fraction of sp³-hybridized carbons (Fsp3) is 0.308. The van der Waals surface area contributed by atoms with Gasteiger partial charge in [0.1, 0.15) is 12.7 Å². The van der Waals surface area contributed by atoms with Gasteiger partial charge in [-0.1, -0.05) is 12.1 Å². The Morgan fingerprint density at radius 1 is 1.53 bits per heavy atom. The van der Waals surface area contributed by atoms with Crippen molar-refractivity contribution in [3.05, 3.63) is 29.8 Å². The van der Waals surface area contributed by atoms with E-state index in [9.17, 15) is 9.59 Å². The lowest BCUT2D eigenvalue weighted by molar-refractivity contribution is -0.138. The van der Waals surface area contributed by atoms with Crippen LogP contribution in [0.4, 0.5) is 5.69 Å². The van der Waals surface area contributed by atoms with E-state index in [2.05, 4.69) is 0 Å². The molecule has 6 heteroatoms.